The van der Waals surface area contributed by atoms with Gasteiger partial charge in [0.05, 0.1) is 17.5 Å². The number of carbonyl (C=O) groups is 1. The lowest BCUT2D eigenvalue weighted by Gasteiger charge is -2.33. The van der Waals surface area contributed by atoms with Crippen LogP contribution in [0.5, 0.6) is 0 Å². The van der Waals surface area contributed by atoms with E-state index in [1.165, 1.54) is 0 Å². The first-order valence-electron chi connectivity index (χ1n) is 9.17. The Bertz CT molecular complexity index is 1000. The van der Waals surface area contributed by atoms with E-state index in [1.807, 2.05) is 29.2 Å². The fraction of sp³-hybridized carbons (Fsp3) is 0.300. The summed E-state index contributed by atoms with van der Waals surface area (Å²) in [7, 11) is 1.80. The first-order valence-corrected chi connectivity index (χ1v) is 9.55. The maximum atomic E-state index is 12.8. The zero-order valence-corrected chi connectivity index (χ0v) is 16.3. The number of nitrogens with zero attached hydrogens (tertiary/aromatic N) is 5. The lowest BCUT2D eigenvalue weighted by molar-refractivity contribution is 0.0706. The topological polar surface area (TPSA) is 89.9 Å². The highest BCUT2D eigenvalue weighted by Gasteiger charge is 2.29. The molecule has 1 amide bonds. The zero-order chi connectivity index (χ0) is 19.7. The van der Waals surface area contributed by atoms with Crippen LogP contribution in [-0.2, 0) is 7.05 Å². The number of carbonyl (C=O) groups excluding carboxylic acids is 1. The average molecular weight is 397 g/mol. The van der Waals surface area contributed by atoms with Gasteiger partial charge in [-0.05, 0) is 30.5 Å². The first kappa shape index (κ1) is 18.4. The number of piperidine rings is 1. The quantitative estimate of drug-likeness (QED) is 0.734. The van der Waals surface area contributed by atoms with Gasteiger partial charge < -0.3 is 10.6 Å². The van der Waals surface area contributed by atoms with Crippen LogP contribution in [0.15, 0.2) is 42.9 Å². The van der Waals surface area contributed by atoms with Crippen LogP contribution in [0, 0.1) is 0 Å². The fourth-order valence-electron chi connectivity index (χ4n) is 3.67. The average Bonchev–Trinajstić information content (AvgIpc) is 3.14. The number of aryl methyl sites for hydroxylation is 1. The predicted molar refractivity (Wildman–Crippen MR) is 108 cm³/mol. The van der Waals surface area contributed by atoms with Crippen molar-refractivity contribution in [3.8, 4) is 11.1 Å². The van der Waals surface area contributed by atoms with Gasteiger partial charge in [0, 0.05) is 49.0 Å². The molecule has 7 nitrogen and oxygen atoms in total. The molecule has 0 radical (unpaired) electrons. The normalized spacial score (nSPS) is 16.9. The minimum Gasteiger partial charge on any atom is -0.368 e. The van der Waals surface area contributed by atoms with E-state index < -0.39 is 0 Å². The molecule has 0 spiro atoms. The molecule has 1 fully saturated rings. The molecule has 2 N–H and O–H groups in total. The van der Waals surface area contributed by atoms with Crippen molar-refractivity contribution in [1.82, 2.24) is 24.6 Å². The zero-order valence-electron chi connectivity index (χ0n) is 15.5. The molecular formula is C20H21ClN6O. The Morgan fingerprint density at radius 2 is 2.04 bits per heavy atom. The van der Waals surface area contributed by atoms with Crippen LogP contribution in [0.4, 0.5) is 5.95 Å². The van der Waals surface area contributed by atoms with Gasteiger partial charge in [-0.3, -0.25) is 9.48 Å². The van der Waals surface area contributed by atoms with Crippen LogP contribution in [0.25, 0.3) is 11.1 Å². The van der Waals surface area contributed by atoms with Crippen LogP contribution in [0.1, 0.15) is 34.8 Å². The van der Waals surface area contributed by atoms with Gasteiger partial charge in [-0.15, -0.1) is 0 Å². The van der Waals surface area contributed by atoms with E-state index in [0.29, 0.717) is 17.1 Å². The van der Waals surface area contributed by atoms with E-state index >= 15 is 0 Å². The molecular weight excluding hydrogens is 376 g/mol. The minimum atomic E-state index is -0.00660. The molecule has 28 heavy (non-hydrogen) atoms. The first-order chi connectivity index (χ1) is 13.5. The summed E-state index contributed by atoms with van der Waals surface area (Å²) in [4.78, 5) is 23.4. The lowest BCUT2D eigenvalue weighted by Crippen LogP contribution is -2.39. The Balaban J connectivity index is 1.64. The summed E-state index contributed by atoms with van der Waals surface area (Å²) in [6, 6.07) is 7.58. The highest BCUT2D eigenvalue weighted by atomic mass is 35.5. The number of nitrogen functional groups attached to an aromatic ring is 1. The van der Waals surface area contributed by atoms with Crippen molar-refractivity contribution in [3.05, 3.63) is 59.1 Å². The molecule has 1 aliphatic heterocycles. The molecule has 2 aromatic heterocycles. The number of aromatic nitrogens is 4. The Labute approximate surface area is 168 Å². The van der Waals surface area contributed by atoms with Crippen LogP contribution in [0.3, 0.4) is 0 Å². The molecule has 1 aromatic carbocycles. The second-order valence-corrected chi connectivity index (χ2v) is 7.46. The van der Waals surface area contributed by atoms with Crippen LogP contribution < -0.4 is 5.73 Å². The van der Waals surface area contributed by atoms with Crippen LogP contribution >= 0.6 is 11.6 Å². The van der Waals surface area contributed by atoms with Crippen LogP contribution in [-0.4, -0.2) is 43.6 Å². The number of likely N-dealkylation sites (tertiary alicyclic amines) is 1. The number of amides is 1. The minimum absolute atomic E-state index is 0.00660. The number of hydrogen-bond acceptors (Lipinski definition) is 5. The highest BCUT2D eigenvalue weighted by Crippen LogP contribution is 2.34. The summed E-state index contributed by atoms with van der Waals surface area (Å²) in [6.45, 7) is 1.31. The third-order valence-electron chi connectivity index (χ3n) is 5.04. The molecule has 3 aromatic rings. The molecule has 8 heteroatoms. The van der Waals surface area contributed by atoms with Crippen molar-refractivity contribution in [3.63, 3.8) is 0 Å². The summed E-state index contributed by atoms with van der Waals surface area (Å²) in [5, 5.41) is 4.78. The van der Waals surface area contributed by atoms with E-state index in [1.54, 1.807) is 30.3 Å². The molecule has 1 atom stereocenters. The smallest absolute Gasteiger partial charge is 0.257 e. The van der Waals surface area contributed by atoms with E-state index in [2.05, 4.69) is 15.1 Å². The number of benzene rings is 1. The standard InChI is InChI=1S/C20H21ClN6O/c1-26-11-15(9-24-26)19(28)27-8-2-3-14(12-27)18-17(10-23-20(22)25-18)13-4-6-16(21)7-5-13/h4-7,9-11,14H,2-3,8,12H2,1H3,(H2,22,23,25)/t14-/m0/s1. The monoisotopic (exact) mass is 396 g/mol. The molecule has 0 bridgehead atoms. The van der Waals surface area contributed by atoms with Crippen molar-refractivity contribution in [2.75, 3.05) is 18.8 Å². The van der Waals surface area contributed by atoms with Crippen LogP contribution in [0.2, 0.25) is 5.02 Å². The Kier molecular flexibility index (Phi) is 5.00. The van der Waals surface area contributed by atoms with E-state index in [-0.39, 0.29) is 17.8 Å². The van der Waals surface area contributed by atoms with Gasteiger partial charge in [0.25, 0.3) is 5.91 Å². The van der Waals surface area contributed by atoms with Gasteiger partial charge >= 0.3 is 0 Å². The van der Waals surface area contributed by atoms with Crippen molar-refractivity contribution in [2.45, 2.75) is 18.8 Å². The third kappa shape index (κ3) is 3.71. The molecule has 3 heterocycles. The van der Waals surface area contributed by atoms with Gasteiger partial charge in [0.2, 0.25) is 5.95 Å². The molecule has 144 valence electrons. The number of nitrogens with two attached hydrogens (primary N) is 1. The van der Waals surface area contributed by atoms with Crippen molar-refractivity contribution in [2.24, 2.45) is 7.05 Å². The van der Waals surface area contributed by atoms with Gasteiger partial charge in [0.1, 0.15) is 0 Å². The number of hydrogen-bond donors (Lipinski definition) is 1. The Hall–Kier alpha value is -2.93. The van der Waals surface area contributed by atoms with Gasteiger partial charge in [-0.25, -0.2) is 9.97 Å². The highest BCUT2D eigenvalue weighted by molar-refractivity contribution is 6.30. The SMILES string of the molecule is Cn1cc(C(=O)N2CCC[C@H](c3nc(N)ncc3-c3ccc(Cl)cc3)C2)cn1. The second kappa shape index (κ2) is 7.59. The van der Waals surface area contributed by atoms with Crippen molar-refractivity contribution >= 4 is 23.5 Å². The largest absolute Gasteiger partial charge is 0.368 e. The van der Waals surface area contributed by atoms with Gasteiger partial charge in [-0.2, -0.15) is 5.10 Å². The Morgan fingerprint density at radius 1 is 1.25 bits per heavy atom. The summed E-state index contributed by atoms with van der Waals surface area (Å²) in [6.07, 6.45) is 6.94. The second-order valence-electron chi connectivity index (χ2n) is 7.03. The number of halogens is 1. The summed E-state index contributed by atoms with van der Waals surface area (Å²) in [5.41, 5.74) is 9.27. The summed E-state index contributed by atoms with van der Waals surface area (Å²) >= 11 is 6.02. The van der Waals surface area contributed by atoms with Crippen molar-refractivity contribution < 1.29 is 4.79 Å². The molecule has 4 rings (SSSR count). The number of rotatable bonds is 3. The maximum absolute atomic E-state index is 12.8. The van der Waals surface area contributed by atoms with E-state index in [4.69, 9.17) is 17.3 Å². The van der Waals surface area contributed by atoms with E-state index in [0.717, 1.165) is 36.2 Å². The summed E-state index contributed by atoms with van der Waals surface area (Å²) < 4.78 is 1.64. The fourth-order valence-corrected chi connectivity index (χ4v) is 3.80. The maximum Gasteiger partial charge on any atom is 0.257 e. The van der Waals surface area contributed by atoms with Gasteiger partial charge in [0.15, 0.2) is 0 Å². The van der Waals surface area contributed by atoms with Gasteiger partial charge in [-0.1, -0.05) is 23.7 Å². The molecule has 0 saturated carbocycles. The molecule has 1 saturated heterocycles. The third-order valence-corrected chi connectivity index (χ3v) is 5.29. The predicted octanol–water partition coefficient (Wildman–Crippen LogP) is 3.13. The molecule has 0 unspecified atom stereocenters. The molecule has 0 aliphatic carbocycles. The number of anilines is 1. The summed E-state index contributed by atoms with van der Waals surface area (Å²) in [5.74, 6) is 0.321. The molecule has 1 aliphatic rings. The van der Waals surface area contributed by atoms with Crippen molar-refractivity contribution in [1.29, 1.82) is 0 Å². The lowest BCUT2D eigenvalue weighted by atomic mass is 9.89. The Morgan fingerprint density at radius 3 is 2.75 bits per heavy atom. The van der Waals surface area contributed by atoms with E-state index in [9.17, 15) is 4.79 Å².